The minimum atomic E-state index is -0.774. The van der Waals surface area contributed by atoms with Gasteiger partial charge in [-0.05, 0) is 26.3 Å². The third-order valence-electron chi connectivity index (χ3n) is 2.92. The largest absolute Gasteiger partial charge is 0.466 e. The molecule has 1 N–H and O–H groups in total. The number of hydrogen-bond acceptors (Lipinski definition) is 6. The summed E-state index contributed by atoms with van der Waals surface area (Å²) in [6.07, 6.45) is 0.826. The summed E-state index contributed by atoms with van der Waals surface area (Å²) in [5.74, 6) is -0.850. The number of carbonyl (C=O) groups is 3. The van der Waals surface area contributed by atoms with Crippen LogP contribution in [0.5, 0.6) is 0 Å². The highest BCUT2D eigenvalue weighted by Crippen LogP contribution is 2.17. The molecule has 1 heterocycles. The monoisotopic (exact) mass is 272 g/mol. The molecule has 19 heavy (non-hydrogen) atoms. The summed E-state index contributed by atoms with van der Waals surface area (Å²) in [5, 5.41) is 2.09. The number of alkyl carbamates (subject to hydrolysis) is 1. The lowest BCUT2D eigenvalue weighted by atomic mass is 9.98. The van der Waals surface area contributed by atoms with Crippen molar-refractivity contribution in [2.75, 3.05) is 33.4 Å². The van der Waals surface area contributed by atoms with E-state index in [1.165, 1.54) is 7.11 Å². The zero-order valence-corrected chi connectivity index (χ0v) is 11.3. The Kier molecular flexibility index (Phi) is 6.27. The molecule has 0 aliphatic carbocycles. The number of amides is 2. The van der Waals surface area contributed by atoms with Crippen LogP contribution in [-0.4, -0.2) is 56.2 Å². The van der Waals surface area contributed by atoms with E-state index in [1.54, 1.807) is 6.92 Å². The van der Waals surface area contributed by atoms with Crippen LogP contribution >= 0.6 is 0 Å². The van der Waals surface area contributed by atoms with Crippen LogP contribution in [0.4, 0.5) is 4.79 Å². The second-order valence-corrected chi connectivity index (χ2v) is 4.37. The molecular formula is C12H20N2O5. The van der Waals surface area contributed by atoms with E-state index in [1.807, 2.05) is 4.90 Å². The van der Waals surface area contributed by atoms with Crippen LogP contribution < -0.4 is 5.32 Å². The molecule has 108 valence electrons. The van der Waals surface area contributed by atoms with Gasteiger partial charge in [-0.1, -0.05) is 0 Å². The number of nitrogens with zero attached hydrogens (tertiary/aromatic N) is 1. The van der Waals surface area contributed by atoms with Crippen molar-refractivity contribution in [1.82, 2.24) is 10.2 Å². The molecule has 7 heteroatoms. The third kappa shape index (κ3) is 5.25. The van der Waals surface area contributed by atoms with Gasteiger partial charge >= 0.3 is 12.1 Å². The summed E-state index contributed by atoms with van der Waals surface area (Å²) in [6, 6.07) is 0. The zero-order chi connectivity index (χ0) is 14.3. The van der Waals surface area contributed by atoms with Crippen molar-refractivity contribution in [2.45, 2.75) is 19.8 Å². The minimum absolute atomic E-state index is 0.0744. The Hall–Kier alpha value is -1.63. The number of ether oxygens (including phenoxy) is 2. The molecule has 1 aliphatic rings. The molecule has 7 nitrogen and oxygen atoms in total. The van der Waals surface area contributed by atoms with Crippen molar-refractivity contribution in [3.05, 3.63) is 0 Å². The molecule has 0 saturated carbocycles. The molecule has 0 unspecified atom stereocenters. The van der Waals surface area contributed by atoms with Crippen LogP contribution in [-0.2, 0) is 19.1 Å². The van der Waals surface area contributed by atoms with Crippen molar-refractivity contribution >= 4 is 18.0 Å². The second kappa shape index (κ2) is 7.73. The number of methoxy groups -OCH3 is 1. The SMILES string of the molecule is CCOC(=O)[C@@H]1CCCN(CC(=O)NC(=O)OC)C1. The van der Waals surface area contributed by atoms with Gasteiger partial charge in [-0.3, -0.25) is 19.8 Å². The molecule has 1 fully saturated rings. The van der Waals surface area contributed by atoms with Crippen LogP contribution in [0.25, 0.3) is 0 Å². The summed E-state index contributed by atoms with van der Waals surface area (Å²) < 4.78 is 9.31. The van der Waals surface area contributed by atoms with Gasteiger partial charge in [0.25, 0.3) is 0 Å². The maximum atomic E-state index is 11.6. The van der Waals surface area contributed by atoms with Gasteiger partial charge in [-0.25, -0.2) is 4.79 Å². The lowest BCUT2D eigenvalue weighted by Crippen LogP contribution is -2.45. The second-order valence-electron chi connectivity index (χ2n) is 4.37. The van der Waals surface area contributed by atoms with E-state index in [9.17, 15) is 14.4 Å². The molecule has 1 rings (SSSR count). The first-order chi connectivity index (χ1) is 9.06. The van der Waals surface area contributed by atoms with Gasteiger partial charge in [0.1, 0.15) is 0 Å². The van der Waals surface area contributed by atoms with Gasteiger partial charge in [-0.2, -0.15) is 0 Å². The highest BCUT2D eigenvalue weighted by Gasteiger charge is 2.27. The average molecular weight is 272 g/mol. The van der Waals surface area contributed by atoms with Crippen LogP contribution in [0.15, 0.2) is 0 Å². The van der Waals surface area contributed by atoms with Gasteiger partial charge < -0.3 is 9.47 Å². The molecule has 1 saturated heterocycles. The highest BCUT2D eigenvalue weighted by atomic mass is 16.5. The van der Waals surface area contributed by atoms with Gasteiger partial charge in [-0.15, -0.1) is 0 Å². The summed E-state index contributed by atoms with van der Waals surface area (Å²) in [7, 11) is 1.19. The Morgan fingerprint density at radius 1 is 1.37 bits per heavy atom. The van der Waals surface area contributed by atoms with Crippen LogP contribution in [0.3, 0.4) is 0 Å². The number of likely N-dealkylation sites (tertiary alicyclic amines) is 1. The molecule has 0 bridgehead atoms. The van der Waals surface area contributed by atoms with Crippen molar-refractivity contribution in [3.63, 3.8) is 0 Å². The number of imide groups is 1. The summed E-state index contributed by atoms with van der Waals surface area (Å²) in [5.41, 5.74) is 0. The molecule has 1 aliphatic heterocycles. The molecule has 2 amide bonds. The lowest BCUT2D eigenvalue weighted by molar-refractivity contribution is -0.150. The molecule has 0 radical (unpaired) electrons. The van der Waals surface area contributed by atoms with Crippen molar-refractivity contribution in [2.24, 2.45) is 5.92 Å². The minimum Gasteiger partial charge on any atom is -0.466 e. The molecule has 0 spiro atoms. The highest BCUT2D eigenvalue weighted by molar-refractivity contribution is 5.92. The lowest BCUT2D eigenvalue weighted by Gasteiger charge is -2.30. The van der Waals surface area contributed by atoms with Crippen LogP contribution in [0.1, 0.15) is 19.8 Å². The molecular weight excluding hydrogens is 252 g/mol. The Bertz CT molecular complexity index is 345. The van der Waals surface area contributed by atoms with Gasteiger partial charge in [0.15, 0.2) is 0 Å². The van der Waals surface area contributed by atoms with Crippen LogP contribution in [0.2, 0.25) is 0 Å². The smallest absolute Gasteiger partial charge is 0.413 e. The van der Waals surface area contributed by atoms with E-state index in [2.05, 4.69) is 10.1 Å². The molecule has 1 atom stereocenters. The number of rotatable bonds is 4. The van der Waals surface area contributed by atoms with Crippen molar-refractivity contribution < 1.29 is 23.9 Å². The Morgan fingerprint density at radius 2 is 2.11 bits per heavy atom. The predicted octanol–water partition coefficient (Wildman–Crippen LogP) is 0.144. The summed E-state index contributed by atoms with van der Waals surface area (Å²) in [4.78, 5) is 35.9. The first-order valence-electron chi connectivity index (χ1n) is 6.33. The maximum absolute atomic E-state index is 11.6. The standard InChI is InChI=1S/C12H20N2O5/c1-3-19-11(16)9-5-4-6-14(7-9)8-10(15)13-12(17)18-2/h9H,3-8H2,1-2H3,(H,13,15,17)/t9-/m1/s1. The van der Waals surface area contributed by atoms with E-state index >= 15 is 0 Å². The topological polar surface area (TPSA) is 84.9 Å². The fraction of sp³-hybridized carbons (Fsp3) is 0.750. The number of piperidine rings is 1. The van der Waals surface area contributed by atoms with Gasteiger partial charge in [0, 0.05) is 6.54 Å². The number of hydrogen-bond donors (Lipinski definition) is 1. The summed E-state index contributed by atoms with van der Waals surface area (Å²) in [6.45, 7) is 3.41. The van der Waals surface area contributed by atoms with Crippen molar-refractivity contribution in [1.29, 1.82) is 0 Å². The average Bonchev–Trinajstić information content (AvgIpc) is 2.39. The van der Waals surface area contributed by atoms with Crippen LogP contribution in [0, 0.1) is 5.92 Å². The number of nitrogens with one attached hydrogen (secondary N) is 1. The quantitative estimate of drug-likeness (QED) is 0.733. The van der Waals surface area contributed by atoms with E-state index in [0.29, 0.717) is 13.2 Å². The third-order valence-corrected chi connectivity index (χ3v) is 2.92. The van der Waals surface area contributed by atoms with Gasteiger partial charge in [0.2, 0.25) is 5.91 Å². The van der Waals surface area contributed by atoms with E-state index in [-0.39, 0.29) is 18.4 Å². The Morgan fingerprint density at radius 3 is 2.74 bits per heavy atom. The first-order valence-corrected chi connectivity index (χ1v) is 6.33. The van der Waals surface area contributed by atoms with E-state index < -0.39 is 12.0 Å². The van der Waals surface area contributed by atoms with E-state index in [0.717, 1.165) is 19.4 Å². The first kappa shape index (κ1) is 15.4. The fourth-order valence-corrected chi connectivity index (χ4v) is 2.06. The number of carbonyl (C=O) groups excluding carboxylic acids is 3. The normalized spacial score (nSPS) is 19.6. The Labute approximate surface area is 112 Å². The fourth-order valence-electron chi connectivity index (χ4n) is 2.06. The van der Waals surface area contributed by atoms with Crippen molar-refractivity contribution in [3.8, 4) is 0 Å². The number of esters is 1. The Balaban J connectivity index is 2.40. The summed E-state index contributed by atoms with van der Waals surface area (Å²) >= 11 is 0. The zero-order valence-electron chi connectivity index (χ0n) is 11.3. The van der Waals surface area contributed by atoms with E-state index in [4.69, 9.17) is 4.74 Å². The van der Waals surface area contributed by atoms with Gasteiger partial charge in [0.05, 0.1) is 26.2 Å². The maximum Gasteiger partial charge on any atom is 0.413 e. The molecule has 0 aromatic rings. The molecule has 0 aromatic heterocycles. The molecule has 0 aromatic carbocycles. The predicted molar refractivity (Wildman–Crippen MR) is 66.3 cm³/mol.